The number of hydrogen-bond donors (Lipinski definition) is 4. The lowest BCUT2D eigenvalue weighted by Gasteiger charge is -2.12. The average molecular weight is 357 g/mol. The highest BCUT2D eigenvalue weighted by Crippen LogP contribution is 2.36. The van der Waals surface area contributed by atoms with E-state index in [-0.39, 0.29) is 6.29 Å². The van der Waals surface area contributed by atoms with Crippen LogP contribution in [0.3, 0.4) is 0 Å². The summed E-state index contributed by atoms with van der Waals surface area (Å²) in [5.41, 5.74) is 2.26. The summed E-state index contributed by atoms with van der Waals surface area (Å²) in [5.74, 6) is 0.475. The maximum absolute atomic E-state index is 9.05. The van der Waals surface area contributed by atoms with Gasteiger partial charge in [-0.15, -0.1) is 0 Å². The third kappa shape index (κ3) is 3.02. The second-order valence-electron chi connectivity index (χ2n) is 4.51. The van der Waals surface area contributed by atoms with Gasteiger partial charge in [-0.1, -0.05) is 29.3 Å². The van der Waals surface area contributed by atoms with Crippen molar-refractivity contribution in [2.45, 2.75) is 0 Å². The number of halogens is 2. The van der Waals surface area contributed by atoms with Crippen LogP contribution in [0.5, 0.6) is 0 Å². The first-order chi connectivity index (χ1) is 10.6. The van der Waals surface area contributed by atoms with Crippen molar-refractivity contribution in [2.24, 2.45) is 0 Å². The first-order valence-corrected chi connectivity index (χ1v) is 8.42. The summed E-state index contributed by atoms with van der Waals surface area (Å²) in [7, 11) is -2.06. The molecule has 2 aromatic heterocycles. The zero-order chi connectivity index (χ0) is 15.7. The normalized spacial score (nSPS) is 11.3. The van der Waals surface area contributed by atoms with E-state index in [2.05, 4.69) is 20.5 Å². The summed E-state index contributed by atoms with van der Waals surface area (Å²) >= 11 is 12.3. The molecule has 0 saturated carbocycles. The third-order valence-corrected chi connectivity index (χ3v) is 4.32. The van der Waals surface area contributed by atoms with Crippen molar-refractivity contribution in [1.29, 1.82) is 0 Å². The second kappa shape index (κ2) is 6.36. The van der Waals surface area contributed by atoms with Crippen molar-refractivity contribution < 1.29 is 9.79 Å². The number of aromatic nitrogens is 3. The van der Waals surface area contributed by atoms with E-state index < -0.39 is 8.38 Å². The minimum atomic E-state index is -2.06. The van der Waals surface area contributed by atoms with Gasteiger partial charge < -0.3 is 15.1 Å². The van der Waals surface area contributed by atoms with Gasteiger partial charge in [-0.2, -0.15) is 5.10 Å². The molecule has 0 aliphatic rings. The number of aromatic amines is 1. The van der Waals surface area contributed by atoms with Crippen LogP contribution in [0.15, 0.2) is 30.6 Å². The van der Waals surface area contributed by atoms with Crippen LogP contribution in [0.4, 0.5) is 5.82 Å². The molecular formula is C13H11Cl2N4O2P. The zero-order valence-corrected chi connectivity index (χ0v) is 13.5. The lowest BCUT2D eigenvalue weighted by Crippen LogP contribution is -2.02. The van der Waals surface area contributed by atoms with Crippen LogP contribution in [0, 0.1) is 0 Å². The Hall–Kier alpha value is -1.43. The van der Waals surface area contributed by atoms with E-state index >= 15 is 0 Å². The summed E-state index contributed by atoms with van der Waals surface area (Å²) in [6.45, 7) is 0. The molecule has 2 heterocycles. The number of nitrogens with zero attached hydrogens (tertiary/aromatic N) is 2. The Morgan fingerprint density at radius 2 is 2.09 bits per heavy atom. The molecule has 22 heavy (non-hydrogen) atoms. The van der Waals surface area contributed by atoms with Crippen LogP contribution in [-0.2, 0) is 0 Å². The van der Waals surface area contributed by atoms with Gasteiger partial charge in [0.2, 0.25) is 0 Å². The molecular weight excluding hydrogens is 346 g/mol. The highest BCUT2D eigenvalue weighted by Gasteiger charge is 2.13. The smallest absolute Gasteiger partial charge is 0.185 e. The molecule has 0 unspecified atom stereocenters. The van der Waals surface area contributed by atoms with Crippen LogP contribution in [-0.4, -0.2) is 31.3 Å². The summed E-state index contributed by atoms with van der Waals surface area (Å²) in [5, 5.41) is 11.2. The van der Waals surface area contributed by atoms with E-state index in [4.69, 9.17) is 33.0 Å². The van der Waals surface area contributed by atoms with Crippen LogP contribution in [0.2, 0.25) is 10.0 Å². The van der Waals surface area contributed by atoms with Gasteiger partial charge in [0.25, 0.3) is 0 Å². The van der Waals surface area contributed by atoms with E-state index in [1.54, 1.807) is 24.5 Å². The highest BCUT2D eigenvalue weighted by molar-refractivity contribution is 7.45. The van der Waals surface area contributed by atoms with Crippen LogP contribution in [0.1, 0.15) is 0 Å². The number of hydrogen-bond acceptors (Lipinski definition) is 5. The first kappa shape index (κ1) is 15.5. The van der Waals surface area contributed by atoms with E-state index in [0.29, 0.717) is 21.4 Å². The number of benzene rings is 1. The van der Waals surface area contributed by atoms with Gasteiger partial charge in [0.15, 0.2) is 8.38 Å². The number of nitrogens with one attached hydrogen (secondary N) is 2. The minimum Gasteiger partial charge on any atom is -0.362 e. The lowest BCUT2D eigenvalue weighted by atomic mass is 10.0. The lowest BCUT2D eigenvalue weighted by molar-refractivity contribution is 0.485. The molecule has 6 nitrogen and oxygen atoms in total. The first-order valence-electron chi connectivity index (χ1n) is 6.23. The molecule has 0 fully saturated rings. The van der Waals surface area contributed by atoms with Crippen LogP contribution in [0.25, 0.3) is 22.0 Å². The van der Waals surface area contributed by atoms with Gasteiger partial charge in [0, 0.05) is 17.1 Å². The van der Waals surface area contributed by atoms with Gasteiger partial charge >= 0.3 is 0 Å². The molecule has 0 amide bonds. The van der Waals surface area contributed by atoms with Gasteiger partial charge in [0.05, 0.1) is 28.0 Å². The molecule has 0 radical (unpaired) electrons. The maximum atomic E-state index is 9.05. The molecule has 114 valence electrons. The number of anilines is 1. The van der Waals surface area contributed by atoms with Crippen molar-refractivity contribution in [3.63, 3.8) is 0 Å². The zero-order valence-electron chi connectivity index (χ0n) is 11.1. The number of fused-ring (bicyclic) bond motifs is 1. The highest BCUT2D eigenvalue weighted by atomic mass is 35.5. The second-order valence-corrected chi connectivity index (χ2v) is 6.35. The summed E-state index contributed by atoms with van der Waals surface area (Å²) in [6.07, 6.45) is 3.45. The van der Waals surface area contributed by atoms with Gasteiger partial charge in [0.1, 0.15) is 5.82 Å². The molecule has 1 aromatic carbocycles. The molecule has 4 N–H and O–H groups in total. The van der Waals surface area contributed by atoms with E-state index in [1.165, 1.54) is 0 Å². The number of pyridine rings is 1. The summed E-state index contributed by atoms with van der Waals surface area (Å²) in [4.78, 5) is 22.5. The predicted octanol–water partition coefficient (Wildman–Crippen LogP) is 3.60. The Morgan fingerprint density at radius 3 is 2.77 bits per heavy atom. The van der Waals surface area contributed by atoms with Crippen LogP contribution >= 0.6 is 31.6 Å². The molecule has 0 atom stereocenters. The monoisotopic (exact) mass is 356 g/mol. The minimum absolute atomic E-state index is 0.0108. The Kier molecular flexibility index (Phi) is 4.47. The molecule has 0 bridgehead atoms. The SMILES string of the molecule is OP(O)CNc1cc(-c2cn[nH]c2)c2ccc(Cl)c(Cl)c2n1. The number of rotatable bonds is 4. The van der Waals surface area contributed by atoms with Crippen LogP contribution < -0.4 is 5.32 Å². The molecule has 0 aliphatic heterocycles. The Bertz CT molecular complexity index is 811. The Balaban J connectivity index is 2.20. The topological polar surface area (TPSA) is 94.1 Å². The quantitative estimate of drug-likeness (QED) is 0.536. The fraction of sp³-hybridized carbons (Fsp3) is 0.0769. The van der Waals surface area contributed by atoms with E-state index in [1.807, 2.05) is 6.07 Å². The largest absolute Gasteiger partial charge is 0.362 e. The van der Waals surface area contributed by atoms with Gasteiger partial charge in [-0.3, -0.25) is 5.10 Å². The van der Waals surface area contributed by atoms with Gasteiger partial charge in [-0.25, -0.2) is 4.98 Å². The molecule has 0 aliphatic carbocycles. The van der Waals surface area contributed by atoms with E-state index in [0.717, 1.165) is 16.5 Å². The fourth-order valence-electron chi connectivity index (χ4n) is 2.11. The predicted molar refractivity (Wildman–Crippen MR) is 89.2 cm³/mol. The van der Waals surface area contributed by atoms with Crippen molar-refractivity contribution >= 4 is 48.3 Å². The summed E-state index contributed by atoms with van der Waals surface area (Å²) in [6, 6.07) is 5.36. The van der Waals surface area contributed by atoms with Crippen molar-refractivity contribution in [3.05, 3.63) is 40.6 Å². The molecule has 0 spiro atoms. The molecule has 0 saturated heterocycles. The fourth-order valence-corrected chi connectivity index (χ4v) is 2.78. The Labute approximate surface area is 137 Å². The molecule has 3 rings (SSSR count). The third-order valence-electron chi connectivity index (χ3n) is 3.08. The maximum Gasteiger partial charge on any atom is 0.185 e. The molecule has 3 aromatic rings. The average Bonchev–Trinajstić information content (AvgIpc) is 3.02. The Morgan fingerprint density at radius 1 is 1.27 bits per heavy atom. The van der Waals surface area contributed by atoms with E-state index in [9.17, 15) is 0 Å². The summed E-state index contributed by atoms with van der Waals surface area (Å²) < 4.78 is 0. The number of H-pyrrole nitrogens is 1. The van der Waals surface area contributed by atoms with Crippen molar-refractivity contribution in [3.8, 4) is 11.1 Å². The molecule has 9 heteroatoms. The standard InChI is InChI=1S/C13H11Cl2N4O2P/c14-10-2-1-8-9(7-4-17-18-5-7)3-11(16-6-22(20)21)19-13(8)12(10)15/h1-5,20-21H,6H2,(H,16,19)(H,17,18). The van der Waals surface area contributed by atoms with Crippen molar-refractivity contribution in [1.82, 2.24) is 15.2 Å². The van der Waals surface area contributed by atoms with Gasteiger partial charge in [-0.05, 0) is 17.7 Å². The van der Waals surface area contributed by atoms with Crippen molar-refractivity contribution in [2.75, 3.05) is 11.6 Å².